The minimum atomic E-state index is -0.415. The number of hydrogen-bond acceptors (Lipinski definition) is 5. The first-order chi connectivity index (χ1) is 8.71. The van der Waals surface area contributed by atoms with Crippen LogP contribution >= 0.6 is 0 Å². The molecule has 96 valence electrons. The Morgan fingerprint density at radius 2 is 2.11 bits per heavy atom. The van der Waals surface area contributed by atoms with Gasteiger partial charge in [0.05, 0.1) is 5.54 Å². The van der Waals surface area contributed by atoms with Crippen LogP contribution in [-0.4, -0.2) is 10.1 Å². The van der Waals surface area contributed by atoms with Gasteiger partial charge in [-0.1, -0.05) is 24.9 Å². The molecule has 3 rings (SSSR count). The van der Waals surface area contributed by atoms with Crippen LogP contribution in [0.4, 0.5) is 0 Å². The smallest absolute Gasteiger partial charge is 0.293 e. The average molecular weight is 247 g/mol. The Labute approximate surface area is 105 Å². The Kier molecular flexibility index (Phi) is 2.70. The lowest BCUT2D eigenvalue weighted by Gasteiger charge is -2.17. The van der Waals surface area contributed by atoms with E-state index in [1.165, 1.54) is 0 Å². The van der Waals surface area contributed by atoms with Crippen LogP contribution in [0.25, 0.3) is 11.7 Å². The van der Waals surface area contributed by atoms with E-state index in [1.54, 1.807) is 0 Å². The second-order valence-electron chi connectivity index (χ2n) is 4.91. The molecule has 0 radical (unpaired) electrons. The monoisotopic (exact) mass is 247 g/mol. The van der Waals surface area contributed by atoms with Gasteiger partial charge in [0.15, 0.2) is 11.6 Å². The van der Waals surface area contributed by atoms with Crippen molar-refractivity contribution in [2.24, 2.45) is 5.73 Å². The van der Waals surface area contributed by atoms with E-state index in [0.717, 1.165) is 37.9 Å². The third-order valence-corrected chi connectivity index (χ3v) is 3.59. The first-order valence-corrected chi connectivity index (χ1v) is 6.43. The summed E-state index contributed by atoms with van der Waals surface area (Å²) in [5.41, 5.74) is 5.87. The summed E-state index contributed by atoms with van der Waals surface area (Å²) < 4.78 is 10.8. The maximum absolute atomic E-state index is 6.29. The molecule has 18 heavy (non-hydrogen) atoms. The maximum Gasteiger partial charge on any atom is 0.293 e. The molecule has 1 fully saturated rings. The van der Waals surface area contributed by atoms with Gasteiger partial charge in [-0.05, 0) is 25.0 Å². The molecule has 2 aromatic heterocycles. The lowest BCUT2D eigenvalue weighted by atomic mass is 9.99. The Hall–Kier alpha value is -1.62. The Morgan fingerprint density at radius 1 is 1.33 bits per heavy atom. The summed E-state index contributed by atoms with van der Waals surface area (Å²) in [7, 11) is 0. The molecule has 1 aliphatic rings. The zero-order valence-corrected chi connectivity index (χ0v) is 10.5. The minimum absolute atomic E-state index is 0.415. The van der Waals surface area contributed by atoms with Gasteiger partial charge in [0.2, 0.25) is 0 Å². The zero-order valence-electron chi connectivity index (χ0n) is 10.5. The molecule has 2 aromatic rings. The molecule has 5 heteroatoms. The van der Waals surface area contributed by atoms with Crippen molar-refractivity contribution < 1.29 is 8.94 Å². The summed E-state index contributed by atoms with van der Waals surface area (Å²) in [4.78, 5) is 4.39. The van der Waals surface area contributed by atoms with Gasteiger partial charge >= 0.3 is 0 Å². The van der Waals surface area contributed by atoms with Crippen LogP contribution in [0.15, 0.2) is 21.1 Å². The molecule has 5 nitrogen and oxygen atoms in total. The summed E-state index contributed by atoms with van der Waals surface area (Å²) in [5.74, 6) is 2.55. The molecular formula is C13H17N3O2. The number of nitrogens with two attached hydrogens (primary N) is 1. The highest BCUT2D eigenvalue weighted by molar-refractivity contribution is 5.44. The normalized spacial score (nSPS) is 18.3. The second kappa shape index (κ2) is 4.24. The Balaban J connectivity index is 1.89. The van der Waals surface area contributed by atoms with Gasteiger partial charge in [-0.2, -0.15) is 4.98 Å². The summed E-state index contributed by atoms with van der Waals surface area (Å²) in [6, 6.07) is 3.78. The first kappa shape index (κ1) is 11.5. The molecule has 2 N–H and O–H groups in total. The molecule has 1 aliphatic carbocycles. The van der Waals surface area contributed by atoms with Crippen molar-refractivity contribution in [3.05, 3.63) is 23.7 Å². The van der Waals surface area contributed by atoms with Crippen LogP contribution in [0, 0.1) is 0 Å². The zero-order chi connectivity index (χ0) is 12.6. The second-order valence-corrected chi connectivity index (χ2v) is 4.91. The first-order valence-electron chi connectivity index (χ1n) is 6.43. The van der Waals surface area contributed by atoms with Crippen molar-refractivity contribution in [2.45, 2.75) is 44.6 Å². The van der Waals surface area contributed by atoms with Crippen molar-refractivity contribution in [1.82, 2.24) is 10.1 Å². The van der Waals surface area contributed by atoms with Crippen LogP contribution in [0.5, 0.6) is 0 Å². The maximum atomic E-state index is 6.29. The van der Waals surface area contributed by atoms with E-state index in [2.05, 4.69) is 10.1 Å². The molecule has 0 unspecified atom stereocenters. The summed E-state index contributed by atoms with van der Waals surface area (Å²) in [6.45, 7) is 2.04. The Bertz CT molecular complexity index is 538. The summed E-state index contributed by atoms with van der Waals surface area (Å²) in [6.07, 6.45) is 4.94. The number of nitrogens with zero attached hydrogens (tertiary/aromatic N) is 2. The van der Waals surface area contributed by atoms with Gasteiger partial charge in [-0.25, -0.2) is 0 Å². The van der Waals surface area contributed by atoms with Crippen molar-refractivity contribution in [1.29, 1.82) is 0 Å². The largest absolute Gasteiger partial charge is 0.456 e. The third-order valence-electron chi connectivity index (χ3n) is 3.59. The van der Waals surface area contributed by atoms with E-state index in [1.807, 2.05) is 19.1 Å². The van der Waals surface area contributed by atoms with E-state index in [-0.39, 0.29) is 0 Å². The van der Waals surface area contributed by atoms with Crippen LogP contribution in [0.2, 0.25) is 0 Å². The number of aryl methyl sites for hydroxylation is 1. The fourth-order valence-electron chi connectivity index (χ4n) is 2.44. The molecule has 1 saturated carbocycles. The van der Waals surface area contributed by atoms with Crippen LogP contribution < -0.4 is 5.73 Å². The SMILES string of the molecule is CCc1ccc(-c2nc(C3(N)CCCC3)no2)o1. The lowest BCUT2D eigenvalue weighted by molar-refractivity contribution is 0.367. The molecule has 0 amide bonds. The molecule has 2 heterocycles. The number of aromatic nitrogens is 2. The van der Waals surface area contributed by atoms with Gasteiger partial charge in [-0.15, -0.1) is 0 Å². The lowest BCUT2D eigenvalue weighted by Crippen LogP contribution is -2.34. The van der Waals surface area contributed by atoms with E-state index >= 15 is 0 Å². The predicted molar refractivity (Wildman–Crippen MR) is 65.7 cm³/mol. The fourth-order valence-corrected chi connectivity index (χ4v) is 2.44. The van der Waals surface area contributed by atoms with Crippen molar-refractivity contribution >= 4 is 0 Å². The molecule has 0 bridgehead atoms. The molecule has 0 aromatic carbocycles. The van der Waals surface area contributed by atoms with Crippen LogP contribution in [-0.2, 0) is 12.0 Å². The molecular weight excluding hydrogens is 230 g/mol. The van der Waals surface area contributed by atoms with Gasteiger partial charge in [0.1, 0.15) is 5.76 Å². The van der Waals surface area contributed by atoms with Crippen molar-refractivity contribution in [3.63, 3.8) is 0 Å². The Morgan fingerprint density at radius 3 is 2.78 bits per heavy atom. The average Bonchev–Trinajstić information content (AvgIpc) is 3.08. The van der Waals surface area contributed by atoms with Gasteiger partial charge < -0.3 is 14.7 Å². The summed E-state index contributed by atoms with van der Waals surface area (Å²) in [5, 5.41) is 4.01. The van der Waals surface area contributed by atoms with E-state index < -0.39 is 5.54 Å². The molecule has 0 spiro atoms. The number of furan rings is 1. The molecule has 0 atom stereocenters. The number of rotatable bonds is 3. The van der Waals surface area contributed by atoms with E-state index in [0.29, 0.717) is 17.5 Å². The highest BCUT2D eigenvalue weighted by Crippen LogP contribution is 2.35. The predicted octanol–water partition coefficient (Wildman–Crippen LogP) is 2.62. The van der Waals surface area contributed by atoms with Gasteiger partial charge in [0, 0.05) is 6.42 Å². The van der Waals surface area contributed by atoms with Gasteiger partial charge in [-0.3, -0.25) is 0 Å². The summed E-state index contributed by atoms with van der Waals surface area (Å²) >= 11 is 0. The standard InChI is InChI=1S/C13H17N3O2/c1-2-9-5-6-10(17-9)11-15-12(16-18-11)13(14)7-3-4-8-13/h5-6H,2-4,7-8,14H2,1H3. The quantitative estimate of drug-likeness (QED) is 0.902. The minimum Gasteiger partial charge on any atom is -0.456 e. The topological polar surface area (TPSA) is 78.1 Å². The van der Waals surface area contributed by atoms with Crippen molar-refractivity contribution in [2.75, 3.05) is 0 Å². The van der Waals surface area contributed by atoms with E-state index in [9.17, 15) is 0 Å². The van der Waals surface area contributed by atoms with E-state index in [4.69, 9.17) is 14.7 Å². The van der Waals surface area contributed by atoms with Crippen molar-refractivity contribution in [3.8, 4) is 11.7 Å². The number of hydrogen-bond donors (Lipinski definition) is 1. The molecule has 0 saturated heterocycles. The van der Waals surface area contributed by atoms with Gasteiger partial charge in [0.25, 0.3) is 5.89 Å². The van der Waals surface area contributed by atoms with Crippen LogP contribution in [0.3, 0.4) is 0 Å². The third kappa shape index (κ3) is 1.84. The fraction of sp³-hybridized carbons (Fsp3) is 0.538. The molecule has 0 aliphatic heterocycles. The highest BCUT2D eigenvalue weighted by Gasteiger charge is 2.36. The van der Waals surface area contributed by atoms with Crippen LogP contribution in [0.1, 0.15) is 44.2 Å². The highest BCUT2D eigenvalue weighted by atomic mass is 16.5.